The van der Waals surface area contributed by atoms with Gasteiger partial charge in [-0.25, -0.2) is 0 Å². The minimum absolute atomic E-state index is 0.107. The number of rotatable bonds is 3. The second-order valence-electron chi connectivity index (χ2n) is 12.9. The molecule has 0 saturated heterocycles. The van der Waals surface area contributed by atoms with Gasteiger partial charge in [-0.05, 0) is 63.9 Å². The van der Waals surface area contributed by atoms with Crippen molar-refractivity contribution in [1.29, 1.82) is 0 Å². The summed E-state index contributed by atoms with van der Waals surface area (Å²) in [6.07, 6.45) is 0. The van der Waals surface area contributed by atoms with Crippen molar-refractivity contribution in [3.63, 3.8) is 0 Å². The van der Waals surface area contributed by atoms with Gasteiger partial charge in [-0.3, -0.25) is 0 Å². The number of furan rings is 1. The van der Waals surface area contributed by atoms with E-state index in [-0.39, 0.29) is 5.41 Å². The first-order valence-electron chi connectivity index (χ1n) is 15.9. The van der Waals surface area contributed by atoms with E-state index < -0.39 is 0 Å². The van der Waals surface area contributed by atoms with E-state index in [2.05, 4.69) is 152 Å². The van der Waals surface area contributed by atoms with Crippen LogP contribution in [0.25, 0.3) is 64.0 Å². The molecule has 2 nitrogen and oxygen atoms in total. The van der Waals surface area contributed by atoms with Crippen LogP contribution in [-0.2, 0) is 5.41 Å². The minimum atomic E-state index is -0.107. The highest BCUT2D eigenvalue weighted by atomic mass is 32.1. The van der Waals surface area contributed by atoms with Crippen molar-refractivity contribution in [3.8, 4) is 11.1 Å². The molecule has 0 atom stereocenters. The first-order valence-corrected chi connectivity index (χ1v) is 16.7. The monoisotopic (exact) mass is 607 g/mol. The molecule has 7 aromatic carbocycles. The third-order valence-electron chi connectivity index (χ3n) is 10.0. The van der Waals surface area contributed by atoms with E-state index >= 15 is 0 Å². The molecule has 1 aliphatic carbocycles. The van der Waals surface area contributed by atoms with E-state index in [9.17, 15) is 0 Å². The van der Waals surface area contributed by atoms with Crippen LogP contribution in [0, 0.1) is 0 Å². The first kappa shape index (κ1) is 25.9. The highest BCUT2D eigenvalue weighted by Gasteiger charge is 2.38. The van der Waals surface area contributed by atoms with E-state index in [4.69, 9.17) is 4.42 Å². The molecule has 1 aliphatic rings. The molecule has 3 heteroatoms. The van der Waals surface area contributed by atoms with Crippen molar-refractivity contribution in [1.82, 2.24) is 0 Å². The molecular weight excluding hydrogens is 579 g/mol. The summed E-state index contributed by atoms with van der Waals surface area (Å²) in [7, 11) is 0. The number of para-hydroxylation sites is 1. The molecule has 0 unspecified atom stereocenters. The van der Waals surface area contributed by atoms with E-state index in [1.54, 1.807) is 0 Å². The molecule has 2 aromatic heterocycles. The second kappa shape index (κ2) is 9.32. The highest BCUT2D eigenvalue weighted by molar-refractivity contribution is 7.26. The maximum atomic E-state index is 6.49. The number of anilines is 3. The van der Waals surface area contributed by atoms with Gasteiger partial charge in [0.2, 0.25) is 0 Å². The topological polar surface area (TPSA) is 16.4 Å². The van der Waals surface area contributed by atoms with Gasteiger partial charge < -0.3 is 9.32 Å². The van der Waals surface area contributed by atoms with Crippen molar-refractivity contribution in [2.24, 2.45) is 0 Å². The maximum Gasteiger partial charge on any atom is 0.137 e. The third kappa shape index (κ3) is 3.46. The van der Waals surface area contributed by atoms with Gasteiger partial charge in [-0.1, -0.05) is 111 Å². The van der Waals surface area contributed by atoms with Gasteiger partial charge in [0, 0.05) is 53.7 Å². The molecule has 10 rings (SSSR count). The zero-order chi connectivity index (χ0) is 30.6. The predicted octanol–water partition coefficient (Wildman–Crippen LogP) is 12.9. The Bertz CT molecular complexity index is 2690. The largest absolute Gasteiger partial charge is 0.456 e. The fourth-order valence-corrected chi connectivity index (χ4v) is 9.16. The molecule has 0 amide bonds. The summed E-state index contributed by atoms with van der Waals surface area (Å²) in [5, 5.41) is 7.37. The Labute approximate surface area is 270 Å². The number of thiophene rings is 1. The van der Waals surface area contributed by atoms with Crippen LogP contribution in [-0.4, -0.2) is 0 Å². The second-order valence-corrected chi connectivity index (χ2v) is 14.0. The van der Waals surface area contributed by atoms with Crippen LogP contribution < -0.4 is 4.90 Å². The van der Waals surface area contributed by atoms with Crippen LogP contribution in [0.3, 0.4) is 0 Å². The zero-order valence-corrected chi connectivity index (χ0v) is 26.4. The average Bonchev–Trinajstić information content (AvgIpc) is 3.74. The number of fused-ring (bicyclic) bond motifs is 11. The molecule has 0 aliphatic heterocycles. The smallest absolute Gasteiger partial charge is 0.137 e. The number of benzene rings is 7. The van der Waals surface area contributed by atoms with Crippen LogP contribution in [0.4, 0.5) is 17.1 Å². The molecule has 46 heavy (non-hydrogen) atoms. The standard InChI is InChI=1S/C43H29NOS/c1-43(2)33-17-8-5-15-31(33)40-34(43)18-11-19-35(40)44(27-22-23-30-29-14-6-9-20-37(29)45-38(30)25-27)36-24-26-12-3-4-13-28(26)42-41(36)32-16-7-10-21-39(32)46-42/h3-25H,1-2H3. The summed E-state index contributed by atoms with van der Waals surface area (Å²) in [6, 6.07) is 50.9. The Morgan fingerprint density at radius 3 is 2.20 bits per heavy atom. The summed E-state index contributed by atoms with van der Waals surface area (Å²) in [5.74, 6) is 0. The van der Waals surface area contributed by atoms with Crippen molar-refractivity contribution in [2.75, 3.05) is 4.90 Å². The molecule has 0 spiro atoms. The lowest BCUT2D eigenvalue weighted by Gasteiger charge is -2.30. The Morgan fingerprint density at radius 2 is 1.28 bits per heavy atom. The Morgan fingerprint density at radius 1 is 0.565 bits per heavy atom. The lowest BCUT2D eigenvalue weighted by molar-refractivity contribution is 0.660. The fraction of sp³-hybridized carbons (Fsp3) is 0.0698. The number of hydrogen-bond donors (Lipinski definition) is 0. The third-order valence-corrected chi connectivity index (χ3v) is 11.2. The quantitative estimate of drug-likeness (QED) is 0.199. The van der Waals surface area contributed by atoms with E-state index in [0.29, 0.717) is 0 Å². The molecular formula is C43H29NOS. The van der Waals surface area contributed by atoms with Crippen LogP contribution in [0.1, 0.15) is 25.0 Å². The molecule has 2 heterocycles. The van der Waals surface area contributed by atoms with Crippen LogP contribution >= 0.6 is 11.3 Å². The lowest BCUT2D eigenvalue weighted by Crippen LogP contribution is -2.16. The minimum Gasteiger partial charge on any atom is -0.456 e. The van der Waals surface area contributed by atoms with Gasteiger partial charge in [0.1, 0.15) is 11.2 Å². The van der Waals surface area contributed by atoms with Crippen LogP contribution in [0.2, 0.25) is 0 Å². The number of nitrogens with zero attached hydrogens (tertiary/aromatic N) is 1. The summed E-state index contributed by atoms with van der Waals surface area (Å²) in [4.78, 5) is 2.50. The average molecular weight is 608 g/mol. The van der Waals surface area contributed by atoms with Crippen LogP contribution in [0.15, 0.2) is 144 Å². The molecule has 9 aromatic rings. The van der Waals surface area contributed by atoms with Gasteiger partial charge in [-0.15, -0.1) is 11.3 Å². The highest BCUT2D eigenvalue weighted by Crippen LogP contribution is 2.56. The molecule has 0 N–H and O–H groups in total. The van der Waals surface area contributed by atoms with Crippen LogP contribution in [0.5, 0.6) is 0 Å². The van der Waals surface area contributed by atoms with E-state index in [1.165, 1.54) is 64.6 Å². The zero-order valence-electron chi connectivity index (χ0n) is 25.5. The van der Waals surface area contributed by atoms with Crippen molar-refractivity contribution in [2.45, 2.75) is 19.3 Å². The Balaban J connectivity index is 1.36. The SMILES string of the molecule is CC1(C)c2ccccc2-c2c(N(c3ccc4c(c3)oc3ccccc34)c3cc4ccccc4c4sc5ccccc5c34)cccc21. The normalized spacial score (nSPS) is 13.6. The van der Waals surface area contributed by atoms with Gasteiger partial charge >= 0.3 is 0 Å². The Kier molecular flexibility index (Phi) is 5.25. The molecule has 0 saturated carbocycles. The lowest BCUT2D eigenvalue weighted by atomic mass is 9.82. The summed E-state index contributed by atoms with van der Waals surface area (Å²) in [5.41, 5.74) is 10.5. The molecule has 218 valence electrons. The van der Waals surface area contributed by atoms with Crippen molar-refractivity contribution < 1.29 is 4.42 Å². The van der Waals surface area contributed by atoms with Gasteiger partial charge in [0.15, 0.2) is 0 Å². The summed E-state index contributed by atoms with van der Waals surface area (Å²) in [6.45, 7) is 4.71. The van der Waals surface area contributed by atoms with Gasteiger partial charge in [0.25, 0.3) is 0 Å². The summed E-state index contributed by atoms with van der Waals surface area (Å²) >= 11 is 1.89. The fourth-order valence-electron chi connectivity index (χ4n) is 7.90. The molecule has 0 fully saturated rings. The van der Waals surface area contributed by atoms with Gasteiger partial charge in [0.05, 0.1) is 11.4 Å². The Hall–Kier alpha value is -5.38. The summed E-state index contributed by atoms with van der Waals surface area (Å²) < 4.78 is 9.10. The maximum absolute atomic E-state index is 6.49. The first-order chi connectivity index (χ1) is 22.6. The van der Waals surface area contributed by atoms with E-state index in [0.717, 1.165) is 27.6 Å². The number of hydrogen-bond acceptors (Lipinski definition) is 3. The predicted molar refractivity (Wildman–Crippen MR) is 196 cm³/mol. The van der Waals surface area contributed by atoms with Crippen molar-refractivity contribution in [3.05, 3.63) is 151 Å². The molecule has 0 bridgehead atoms. The van der Waals surface area contributed by atoms with Gasteiger partial charge in [-0.2, -0.15) is 0 Å². The van der Waals surface area contributed by atoms with Crippen molar-refractivity contribution >= 4 is 81.3 Å². The van der Waals surface area contributed by atoms with E-state index in [1.807, 2.05) is 17.4 Å². The molecule has 0 radical (unpaired) electrons.